The van der Waals surface area contributed by atoms with Crippen molar-refractivity contribution < 1.29 is 14.7 Å². The van der Waals surface area contributed by atoms with Crippen LogP contribution in [0.1, 0.15) is 42.0 Å². The summed E-state index contributed by atoms with van der Waals surface area (Å²) in [5.74, 6) is -1.22. The number of carbonyl (C=O) groups excluding carboxylic acids is 1. The van der Waals surface area contributed by atoms with Gasteiger partial charge in [0.25, 0.3) is 5.91 Å². The fourth-order valence-electron chi connectivity index (χ4n) is 1.81. The van der Waals surface area contributed by atoms with Crippen LogP contribution in [0.5, 0.6) is 0 Å². The Balaban J connectivity index is 2.82. The van der Waals surface area contributed by atoms with Crippen LogP contribution in [0, 0.1) is 19.8 Å². The van der Waals surface area contributed by atoms with E-state index < -0.39 is 17.9 Å². The Morgan fingerprint density at radius 3 is 2.39 bits per heavy atom. The van der Waals surface area contributed by atoms with Crippen molar-refractivity contribution in [2.75, 3.05) is 0 Å². The number of aromatic nitrogens is 2. The molecule has 18 heavy (non-hydrogen) atoms. The number of nitrogens with zero attached hydrogens (tertiary/aromatic N) is 1. The first-order valence-electron chi connectivity index (χ1n) is 5.88. The lowest BCUT2D eigenvalue weighted by atomic mass is 10.0. The fourth-order valence-corrected chi connectivity index (χ4v) is 1.81. The number of hydrogen-bond donors (Lipinski definition) is 3. The highest BCUT2D eigenvalue weighted by Gasteiger charge is 2.24. The van der Waals surface area contributed by atoms with Gasteiger partial charge in [-0.2, -0.15) is 5.10 Å². The van der Waals surface area contributed by atoms with Gasteiger partial charge in [-0.15, -0.1) is 0 Å². The van der Waals surface area contributed by atoms with Gasteiger partial charge in [-0.05, 0) is 26.2 Å². The average molecular weight is 253 g/mol. The van der Waals surface area contributed by atoms with Crippen LogP contribution in [0.2, 0.25) is 0 Å². The third-order valence-electron chi connectivity index (χ3n) is 2.67. The van der Waals surface area contributed by atoms with Crippen LogP contribution in [0.15, 0.2) is 0 Å². The summed E-state index contributed by atoms with van der Waals surface area (Å²) in [5.41, 5.74) is 1.63. The second kappa shape index (κ2) is 5.66. The number of rotatable bonds is 5. The average Bonchev–Trinajstić information content (AvgIpc) is 2.56. The number of aromatic amines is 1. The van der Waals surface area contributed by atoms with Crippen molar-refractivity contribution in [1.82, 2.24) is 15.5 Å². The van der Waals surface area contributed by atoms with Gasteiger partial charge in [0, 0.05) is 5.69 Å². The standard InChI is InChI=1S/C12H19N3O3/c1-6(2)5-9(12(17)18)13-11(16)10-7(3)14-15-8(10)4/h6,9H,5H2,1-4H3,(H,13,16)(H,14,15)(H,17,18). The zero-order chi connectivity index (χ0) is 13.9. The Kier molecular flexibility index (Phi) is 4.47. The molecule has 1 aromatic heterocycles. The molecule has 100 valence electrons. The molecule has 3 N–H and O–H groups in total. The maximum absolute atomic E-state index is 12.0. The molecule has 0 aliphatic carbocycles. The second-order valence-electron chi connectivity index (χ2n) is 4.80. The lowest BCUT2D eigenvalue weighted by Crippen LogP contribution is -2.41. The number of carboxylic acids is 1. The number of hydrogen-bond acceptors (Lipinski definition) is 3. The Morgan fingerprint density at radius 2 is 2.00 bits per heavy atom. The minimum Gasteiger partial charge on any atom is -0.480 e. The molecular formula is C12H19N3O3. The van der Waals surface area contributed by atoms with Crippen molar-refractivity contribution in [3.8, 4) is 0 Å². The fraction of sp³-hybridized carbons (Fsp3) is 0.583. The molecule has 0 aliphatic heterocycles. The molecule has 6 nitrogen and oxygen atoms in total. The molecule has 1 amide bonds. The molecule has 1 aromatic rings. The lowest BCUT2D eigenvalue weighted by Gasteiger charge is -2.16. The first kappa shape index (κ1) is 14.2. The number of nitrogens with one attached hydrogen (secondary N) is 2. The molecular weight excluding hydrogens is 234 g/mol. The Hall–Kier alpha value is -1.85. The molecule has 0 aromatic carbocycles. The lowest BCUT2D eigenvalue weighted by molar-refractivity contribution is -0.139. The molecule has 6 heteroatoms. The molecule has 1 unspecified atom stereocenters. The van der Waals surface area contributed by atoms with Gasteiger partial charge in [-0.25, -0.2) is 4.79 Å². The van der Waals surface area contributed by atoms with Gasteiger partial charge in [0.15, 0.2) is 0 Å². The predicted molar refractivity (Wildman–Crippen MR) is 66.4 cm³/mol. The first-order valence-corrected chi connectivity index (χ1v) is 5.88. The van der Waals surface area contributed by atoms with Crippen molar-refractivity contribution in [3.05, 3.63) is 17.0 Å². The summed E-state index contributed by atoms with van der Waals surface area (Å²) in [6.07, 6.45) is 0.400. The van der Waals surface area contributed by atoms with Crippen LogP contribution in [-0.2, 0) is 4.79 Å². The summed E-state index contributed by atoms with van der Waals surface area (Å²) in [7, 11) is 0. The quantitative estimate of drug-likeness (QED) is 0.736. The van der Waals surface area contributed by atoms with E-state index in [0.29, 0.717) is 23.4 Å². The van der Waals surface area contributed by atoms with Gasteiger partial charge >= 0.3 is 5.97 Å². The highest BCUT2D eigenvalue weighted by atomic mass is 16.4. The minimum absolute atomic E-state index is 0.193. The summed E-state index contributed by atoms with van der Waals surface area (Å²) in [6, 6.07) is -0.869. The molecule has 1 rings (SSSR count). The van der Waals surface area contributed by atoms with Gasteiger partial charge in [-0.1, -0.05) is 13.8 Å². The van der Waals surface area contributed by atoms with E-state index in [4.69, 9.17) is 5.11 Å². The molecule has 1 heterocycles. The van der Waals surface area contributed by atoms with E-state index in [-0.39, 0.29) is 5.92 Å². The van der Waals surface area contributed by atoms with E-state index in [1.165, 1.54) is 0 Å². The third kappa shape index (κ3) is 3.32. The van der Waals surface area contributed by atoms with Crippen molar-refractivity contribution in [3.63, 3.8) is 0 Å². The van der Waals surface area contributed by atoms with E-state index in [1.807, 2.05) is 13.8 Å². The van der Waals surface area contributed by atoms with Crippen LogP contribution >= 0.6 is 0 Å². The monoisotopic (exact) mass is 253 g/mol. The zero-order valence-corrected chi connectivity index (χ0v) is 11.1. The third-order valence-corrected chi connectivity index (χ3v) is 2.67. The minimum atomic E-state index is -1.02. The van der Waals surface area contributed by atoms with Gasteiger partial charge in [0.1, 0.15) is 6.04 Å². The van der Waals surface area contributed by atoms with Crippen LogP contribution in [-0.4, -0.2) is 33.2 Å². The van der Waals surface area contributed by atoms with E-state index in [1.54, 1.807) is 13.8 Å². The molecule has 0 bridgehead atoms. The predicted octanol–water partition coefficient (Wildman–Crippen LogP) is 1.26. The number of aliphatic carboxylic acids is 1. The molecule has 0 saturated carbocycles. The van der Waals surface area contributed by atoms with Crippen molar-refractivity contribution in [2.24, 2.45) is 5.92 Å². The summed E-state index contributed by atoms with van der Waals surface area (Å²) < 4.78 is 0. The normalized spacial score (nSPS) is 12.5. The van der Waals surface area contributed by atoms with Crippen molar-refractivity contribution in [1.29, 1.82) is 0 Å². The molecule has 1 atom stereocenters. The number of carboxylic acid groups (broad SMARTS) is 1. The highest BCUT2D eigenvalue weighted by Crippen LogP contribution is 2.11. The van der Waals surface area contributed by atoms with Crippen LogP contribution in [0.4, 0.5) is 0 Å². The van der Waals surface area contributed by atoms with Gasteiger partial charge in [0.2, 0.25) is 0 Å². The number of aryl methyl sites for hydroxylation is 2. The topological polar surface area (TPSA) is 95.1 Å². The Labute approximate surface area is 106 Å². The summed E-state index contributed by atoms with van der Waals surface area (Å²) in [5, 5.41) is 18.2. The summed E-state index contributed by atoms with van der Waals surface area (Å²) in [6.45, 7) is 7.26. The molecule has 0 radical (unpaired) electrons. The highest BCUT2D eigenvalue weighted by molar-refractivity contribution is 5.98. The second-order valence-corrected chi connectivity index (χ2v) is 4.80. The first-order chi connectivity index (χ1) is 8.32. The maximum Gasteiger partial charge on any atom is 0.326 e. The smallest absolute Gasteiger partial charge is 0.326 e. The molecule has 0 aliphatic rings. The Bertz CT molecular complexity index is 432. The van der Waals surface area contributed by atoms with E-state index in [0.717, 1.165) is 0 Å². The van der Waals surface area contributed by atoms with Crippen LogP contribution in [0.3, 0.4) is 0 Å². The Morgan fingerprint density at radius 1 is 1.39 bits per heavy atom. The summed E-state index contributed by atoms with van der Waals surface area (Å²) >= 11 is 0. The van der Waals surface area contributed by atoms with Crippen LogP contribution in [0.25, 0.3) is 0 Å². The molecule has 0 fully saturated rings. The van der Waals surface area contributed by atoms with Crippen LogP contribution < -0.4 is 5.32 Å². The molecule has 0 saturated heterocycles. The summed E-state index contributed by atoms with van der Waals surface area (Å²) in [4.78, 5) is 23.1. The zero-order valence-electron chi connectivity index (χ0n) is 11.1. The van der Waals surface area contributed by atoms with E-state index >= 15 is 0 Å². The maximum atomic E-state index is 12.0. The van der Waals surface area contributed by atoms with Gasteiger partial charge < -0.3 is 10.4 Å². The largest absolute Gasteiger partial charge is 0.480 e. The molecule has 0 spiro atoms. The van der Waals surface area contributed by atoms with E-state index in [2.05, 4.69) is 15.5 Å². The van der Waals surface area contributed by atoms with Gasteiger partial charge in [-0.3, -0.25) is 9.89 Å². The van der Waals surface area contributed by atoms with Crippen molar-refractivity contribution >= 4 is 11.9 Å². The van der Waals surface area contributed by atoms with Crippen molar-refractivity contribution in [2.45, 2.75) is 40.2 Å². The SMILES string of the molecule is Cc1n[nH]c(C)c1C(=O)NC(CC(C)C)C(=O)O. The van der Waals surface area contributed by atoms with E-state index in [9.17, 15) is 9.59 Å². The van der Waals surface area contributed by atoms with Gasteiger partial charge in [0.05, 0.1) is 11.3 Å². The number of H-pyrrole nitrogens is 1. The number of amides is 1. The number of carbonyl (C=O) groups is 2.